The van der Waals surface area contributed by atoms with Crippen LogP contribution in [0.5, 0.6) is 5.75 Å². The van der Waals surface area contributed by atoms with Crippen molar-refractivity contribution in [3.8, 4) is 5.75 Å². The zero-order chi connectivity index (χ0) is 21.6. The van der Waals surface area contributed by atoms with Gasteiger partial charge in [0.15, 0.2) is 0 Å². The summed E-state index contributed by atoms with van der Waals surface area (Å²) in [7, 11) is 1.90. The molecule has 0 spiro atoms. The number of nitrogens with one attached hydrogen (secondary N) is 1. The van der Waals surface area contributed by atoms with Crippen molar-refractivity contribution in [3.05, 3.63) is 100 Å². The summed E-state index contributed by atoms with van der Waals surface area (Å²) in [6.45, 7) is 0.262. The summed E-state index contributed by atoms with van der Waals surface area (Å²) in [4.78, 5) is 21.7. The van der Waals surface area contributed by atoms with Crippen molar-refractivity contribution >= 4 is 17.2 Å². The number of benzene rings is 2. The van der Waals surface area contributed by atoms with Crippen LogP contribution in [-0.4, -0.2) is 20.4 Å². The molecule has 4 rings (SSSR count). The second-order valence-corrected chi connectivity index (χ2v) is 7.90. The molecule has 0 radical (unpaired) electrons. The Morgan fingerprint density at radius 2 is 1.97 bits per heavy atom. The minimum atomic E-state index is -0.353. The molecule has 0 aliphatic heterocycles. The molecule has 8 heteroatoms. The number of nitrogens with zero attached hydrogens (tertiary/aromatic N) is 3. The number of aromatic nitrogens is 3. The van der Waals surface area contributed by atoms with Crippen LogP contribution in [0.4, 0.5) is 4.39 Å². The van der Waals surface area contributed by atoms with Gasteiger partial charge in [-0.25, -0.2) is 14.4 Å². The number of carbonyl (C=O) groups excluding carboxylic acids is 1. The Kier molecular flexibility index (Phi) is 6.37. The summed E-state index contributed by atoms with van der Waals surface area (Å²) in [5.74, 6) is 0.866. The fraction of sp³-hybridized carbons (Fsp3) is 0.174. The first kappa shape index (κ1) is 20.7. The maximum Gasteiger partial charge on any atom is 0.226 e. The minimum absolute atomic E-state index is 0.145. The smallest absolute Gasteiger partial charge is 0.226 e. The molecular weight excluding hydrogens is 415 g/mol. The monoisotopic (exact) mass is 436 g/mol. The number of thiazole rings is 1. The van der Waals surface area contributed by atoms with Crippen molar-refractivity contribution in [3.63, 3.8) is 0 Å². The van der Waals surface area contributed by atoms with E-state index in [0.29, 0.717) is 11.4 Å². The maximum absolute atomic E-state index is 13.0. The zero-order valence-corrected chi connectivity index (χ0v) is 17.7. The summed E-state index contributed by atoms with van der Waals surface area (Å²) in [5.41, 5.74) is 1.63. The van der Waals surface area contributed by atoms with Gasteiger partial charge in [0.05, 0.1) is 12.1 Å². The van der Waals surface area contributed by atoms with E-state index < -0.39 is 0 Å². The van der Waals surface area contributed by atoms with Crippen molar-refractivity contribution in [2.24, 2.45) is 7.05 Å². The quantitative estimate of drug-likeness (QED) is 0.453. The molecule has 1 unspecified atom stereocenters. The topological polar surface area (TPSA) is 69.0 Å². The molecule has 0 aliphatic carbocycles. The van der Waals surface area contributed by atoms with Gasteiger partial charge in [0, 0.05) is 24.8 Å². The standard InChI is InChI=1S/C23H21FN4O2S/c1-28-12-11-25-23(28)22(16-5-3-2-4-6-16)27-20(29)13-18-15-31-21(26-18)14-30-19-9-7-17(24)8-10-19/h2-12,15,22H,13-14H2,1H3,(H,27,29). The molecule has 0 bridgehead atoms. The molecule has 0 fully saturated rings. The first-order valence-electron chi connectivity index (χ1n) is 9.71. The molecule has 1 amide bonds. The highest BCUT2D eigenvalue weighted by Gasteiger charge is 2.21. The van der Waals surface area contributed by atoms with Crippen LogP contribution in [-0.2, 0) is 24.9 Å². The number of hydrogen-bond donors (Lipinski definition) is 1. The predicted octanol–water partition coefficient (Wildman–Crippen LogP) is 4.04. The molecule has 6 nitrogen and oxygen atoms in total. The number of amides is 1. The van der Waals surface area contributed by atoms with Crippen LogP contribution in [0, 0.1) is 5.82 Å². The van der Waals surface area contributed by atoms with Crippen molar-refractivity contribution in [1.82, 2.24) is 19.9 Å². The van der Waals surface area contributed by atoms with Gasteiger partial charge in [-0.05, 0) is 29.8 Å². The maximum atomic E-state index is 13.0. The average Bonchev–Trinajstić information content (AvgIpc) is 3.41. The lowest BCUT2D eigenvalue weighted by Gasteiger charge is -2.19. The highest BCUT2D eigenvalue weighted by atomic mass is 32.1. The average molecular weight is 437 g/mol. The lowest BCUT2D eigenvalue weighted by molar-refractivity contribution is -0.121. The van der Waals surface area contributed by atoms with E-state index in [1.165, 1.54) is 23.5 Å². The van der Waals surface area contributed by atoms with E-state index in [-0.39, 0.29) is 30.8 Å². The zero-order valence-electron chi connectivity index (χ0n) is 16.9. The van der Waals surface area contributed by atoms with Gasteiger partial charge in [0.2, 0.25) is 5.91 Å². The van der Waals surface area contributed by atoms with Crippen molar-refractivity contribution < 1.29 is 13.9 Å². The third-order valence-electron chi connectivity index (χ3n) is 4.67. The second kappa shape index (κ2) is 9.53. The first-order chi connectivity index (χ1) is 15.1. The van der Waals surface area contributed by atoms with Gasteiger partial charge in [-0.1, -0.05) is 30.3 Å². The van der Waals surface area contributed by atoms with Crippen LogP contribution in [0.3, 0.4) is 0 Å². The molecule has 2 heterocycles. The molecule has 158 valence electrons. The Balaban J connectivity index is 1.39. The number of hydrogen-bond acceptors (Lipinski definition) is 5. The van der Waals surface area contributed by atoms with Crippen LogP contribution in [0.25, 0.3) is 0 Å². The van der Waals surface area contributed by atoms with E-state index >= 15 is 0 Å². The molecule has 2 aromatic heterocycles. The fourth-order valence-electron chi connectivity index (χ4n) is 3.15. The SMILES string of the molecule is Cn1ccnc1C(NC(=O)Cc1csc(COc2ccc(F)cc2)n1)c1ccccc1. The first-order valence-corrected chi connectivity index (χ1v) is 10.6. The van der Waals surface area contributed by atoms with Gasteiger partial charge >= 0.3 is 0 Å². The Labute approximate surface area is 183 Å². The highest BCUT2D eigenvalue weighted by molar-refractivity contribution is 7.09. The summed E-state index contributed by atoms with van der Waals surface area (Å²) in [6.07, 6.45) is 3.72. The van der Waals surface area contributed by atoms with Gasteiger partial charge in [-0.3, -0.25) is 4.79 Å². The summed E-state index contributed by atoms with van der Waals surface area (Å²) in [6, 6.07) is 15.2. The van der Waals surface area contributed by atoms with Gasteiger partial charge in [0.1, 0.15) is 35.0 Å². The molecule has 0 aliphatic rings. The number of carbonyl (C=O) groups is 1. The fourth-order valence-corrected chi connectivity index (χ4v) is 3.85. The summed E-state index contributed by atoms with van der Waals surface area (Å²) >= 11 is 1.42. The van der Waals surface area contributed by atoms with E-state index in [4.69, 9.17) is 4.74 Å². The van der Waals surface area contributed by atoms with Crippen LogP contribution in [0.15, 0.2) is 72.4 Å². The summed E-state index contributed by atoms with van der Waals surface area (Å²) < 4.78 is 20.5. The lowest BCUT2D eigenvalue weighted by Crippen LogP contribution is -2.32. The second-order valence-electron chi connectivity index (χ2n) is 6.96. The third-order valence-corrected chi connectivity index (χ3v) is 5.54. The summed E-state index contributed by atoms with van der Waals surface area (Å²) in [5, 5.41) is 5.67. The largest absolute Gasteiger partial charge is 0.486 e. The Morgan fingerprint density at radius 1 is 1.19 bits per heavy atom. The van der Waals surface area contributed by atoms with Crippen LogP contribution in [0.2, 0.25) is 0 Å². The van der Waals surface area contributed by atoms with E-state index in [0.717, 1.165) is 16.4 Å². The molecule has 0 saturated heterocycles. The number of aryl methyl sites for hydroxylation is 1. The third kappa shape index (κ3) is 5.35. The predicted molar refractivity (Wildman–Crippen MR) is 116 cm³/mol. The van der Waals surface area contributed by atoms with Gasteiger partial charge in [-0.15, -0.1) is 11.3 Å². The van der Waals surface area contributed by atoms with E-state index in [1.54, 1.807) is 18.3 Å². The number of rotatable bonds is 8. The number of imidazole rings is 1. The molecule has 2 aromatic carbocycles. The van der Waals surface area contributed by atoms with Crippen LogP contribution in [0.1, 0.15) is 28.1 Å². The van der Waals surface area contributed by atoms with Crippen molar-refractivity contribution in [1.29, 1.82) is 0 Å². The van der Waals surface area contributed by atoms with Crippen LogP contribution >= 0.6 is 11.3 Å². The van der Waals surface area contributed by atoms with Crippen molar-refractivity contribution in [2.45, 2.75) is 19.1 Å². The highest BCUT2D eigenvalue weighted by Crippen LogP contribution is 2.21. The Hall–Kier alpha value is -3.52. The molecular formula is C23H21FN4O2S. The van der Waals surface area contributed by atoms with Crippen LogP contribution < -0.4 is 10.1 Å². The molecule has 31 heavy (non-hydrogen) atoms. The number of halogens is 1. The molecule has 1 N–H and O–H groups in total. The van der Waals surface area contributed by atoms with Crippen molar-refractivity contribution in [2.75, 3.05) is 0 Å². The lowest BCUT2D eigenvalue weighted by atomic mass is 10.1. The molecule has 0 saturated carbocycles. The van der Waals surface area contributed by atoms with Gasteiger partial charge in [-0.2, -0.15) is 0 Å². The molecule has 1 atom stereocenters. The minimum Gasteiger partial charge on any atom is -0.486 e. The Bertz CT molecular complexity index is 1140. The van der Waals surface area contributed by atoms with Gasteiger partial charge < -0.3 is 14.6 Å². The van der Waals surface area contributed by atoms with E-state index in [1.807, 2.05) is 53.5 Å². The van der Waals surface area contributed by atoms with Gasteiger partial charge in [0.25, 0.3) is 0 Å². The van der Waals surface area contributed by atoms with E-state index in [2.05, 4.69) is 15.3 Å². The number of ether oxygens (including phenoxy) is 1. The normalized spacial score (nSPS) is 11.8. The van der Waals surface area contributed by atoms with E-state index in [9.17, 15) is 9.18 Å². The molecule has 4 aromatic rings. The Morgan fingerprint density at radius 3 is 2.68 bits per heavy atom.